The highest BCUT2D eigenvalue weighted by molar-refractivity contribution is 7.49. The molecule has 0 saturated carbocycles. The van der Waals surface area contributed by atoms with Gasteiger partial charge in [0.05, 0.1) is 0 Å². The van der Waals surface area contributed by atoms with Crippen LogP contribution in [0.3, 0.4) is 0 Å². The minimum Gasteiger partial charge on any atom is -0.337 e. The Morgan fingerprint density at radius 3 is 2.67 bits per heavy atom. The van der Waals surface area contributed by atoms with Gasteiger partial charge in [0.2, 0.25) is 0 Å². The van der Waals surface area contributed by atoms with E-state index in [4.69, 9.17) is 11.6 Å². The van der Waals surface area contributed by atoms with E-state index in [1.807, 2.05) is 18.2 Å². The maximum atomic E-state index is 12.3. The quantitative estimate of drug-likeness (QED) is 0.426. The van der Waals surface area contributed by atoms with Crippen LogP contribution in [0.4, 0.5) is 5.69 Å². The number of hydrogen-bond acceptors (Lipinski definition) is 4. The number of carbonyl (C=O) groups is 1. The Bertz CT molecular complexity index is 467. The van der Waals surface area contributed by atoms with Crippen LogP contribution in [0.2, 0.25) is 0 Å². The molecule has 1 aliphatic rings. The van der Waals surface area contributed by atoms with Crippen LogP contribution in [0.25, 0.3) is 0 Å². The molecule has 1 aromatic rings. The molecule has 2 rings (SSSR count). The van der Waals surface area contributed by atoms with E-state index in [2.05, 4.69) is 5.09 Å². The highest BCUT2D eigenvalue weighted by Crippen LogP contribution is 2.41. The van der Waals surface area contributed by atoms with E-state index >= 15 is 0 Å². The molecule has 0 bridgehead atoms. The number of para-hydroxylation sites is 1. The van der Waals surface area contributed by atoms with E-state index in [-0.39, 0.29) is 0 Å². The Labute approximate surface area is 106 Å². The molecule has 0 aliphatic carbocycles. The van der Waals surface area contributed by atoms with Gasteiger partial charge in [0, 0.05) is 12.2 Å². The van der Waals surface area contributed by atoms with Crippen molar-refractivity contribution in [1.29, 1.82) is 0 Å². The van der Waals surface area contributed by atoms with Crippen molar-refractivity contribution in [2.75, 3.05) is 11.6 Å². The van der Waals surface area contributed by atoms with Crippen LogP contribution in [0.15, 0.2) is 30.3 Å². The number of anilines is 1. The molecule has 0 spiro atoms. The van der Waals surface area contributed by atoms with Crippen LogP contribution < -0.4 is 16.7 Å². The zero-order chi connectivity index (χ0) is 13.2. The molecule has 2 atom stereocenters. The first kappa shape index (κ1) is 13.1. The normalized spacial score (nSPS) is 25.9. The van der Waals surface area contributed by atoms with E-state index in [1.165, 1.54) is 0 Å². The lowest BCUT2D eigenvalue weighted by Crippen LogP contribution is -2.59. The lowest BCUT2D eigenvalue weighted by atomic mass is 10.1. The topological polar surface area (TPSA) is 101 Å². The van der Waals surface area contributed by atoms with Gasteiger partial charge < -0.3 is 15.4 Å². The fourth-order valence-electron chi connectivity index (χ4n) is 1.97. The van der Waals surface area contributed by atoms with E-state index in [0.29, 0.717) is 25.1 Å². The van der Waals surface area contributed by atoms with Gasteiger partial charge in [-0.25, -0.2) is 5.84 Å². The van der Waals surface area contributed by atoms with Gasteiger partial charge in [0.1, 0.15) is 0 Å². The Kier molecular flexibility index (Phi) is 3.71. The Morgan fingerprint density at radius 2 is 2.00 bits per heavy atom. The zero-order valence-electron chi connectivity index (χ0n) is 9.93. The number of hydrazine groups is 1. The Balaban J connectivity index is 2.15. The van der Waals surface area contributed by atoms with Gasteiger partial charge in [-0.3, -0.25) is 9.80 Å². The predicted octanol–water partition coefficient (Wildman–Crippen LogP) is 0.724. The number of nitrogens with two attached hydrogens (primary N) is 2. The summed E-state index contributed by atoms with van der Waals surface area (Å²) >= 11 is 0. The number of rotatable bonds is 3. The maximum Gasteiger partial charge on any atom is 0.265 e. The number of carbonyl (C=O) groups excluding carboxylic acids is 1. The zero-order valence-corrected chi connectivity index (χ0v) is 10.9. The van der Waals surface area contributed by atoms with E-state index in [1.54, 1.807) is 12.1 Å². The smallest absolute Gasteiger partial charge is 0.265 e. The number of hydrogen-bond donors (Lipinski definition) is 3. The second kappa shape index (κ2) is 5.10. The SMILES string of the molecule is NN1CCC[C@](N)([PH](=O)Nc2ccccc2)C1=O. The van der Waals surface area contributed by atoms with Gasteiger partial charge in [-0.2, -0.15) is 0 Å². The number of nitrogens with one attached hydrogen (secondary N) is 1. The number of nitrogens with zero attached hydrogens (tertiary/aromatic N) is 1. The minimum atomic E-state index is -2.52. The standard InChI is InChI=1S/C11H17N4O2P/c12-11(7-4-8-15(13)10(11)16)18(17)14-9-5-2-1-3-6-9/h1-3,5-6,18H,4,7-8,12-13H2,(H,14,17)/t11-/m0/s1. The van der Waals surface area contributed by atoms with Crippen molar-refractivity contribution in [3.05, 3.63) is 30.3 Å². The van der Waals surface area contributed by atoms with Gasteiger partial charge in [-0.1, -0.05) is 18.2 Å². The molecular weight excluding hydrogens is 251 g/mol. The summed E-state index contributed by atoms with van der Waals surface area (Å²) < 4.78 is 12.3. The molecule has 1 aromatic carbocycles. The molecule has 1 aliphatic heterocycles. The van der Waals surface area contributed by atoms with Crippen molar-refractivity contribution in [1.82, 2.24) is 5.01 Å². The van der Waals surface area contributed by atoms with Crippen molar-refractivity contribution in [2.45, 2.75) is 18.1 Å². The van der Waals surface area contributed by atoms with E-state index < -0.39 is 19.1 Å². The lowest BCUT2D eigenvalue weighted by molar-refractivity contribution is -0.136. The fraction of sp³-hybridized carbons (Fsp3) is 0.364. The van der Waals surface area contributed by atoms with Crippen LogP contribution in [0.5, 0.6) is 0 Å². The average molecular weight is 268 g/mol. The molecule has 1 unspecified atom stereocenters. The number of amides is 1. The summed E-state index contributed by atoms with van der Waals surface area (Å²) in [6.45, 7) is 0.457. The summed E-state index contributed by atoms with van der Waals surface area (Å²) in [5.74, 6) is 5.08. The minimum absolute atomic E-state index is 0.386. The largest absolute Gasteiger partial charge is 0.337 e. The highest BCUT2D eigenvalue weighted by Gasteiger charge is 2.45. The molecule has 1 amide bonds. The van der Waals surface area contributed by atoms with Gasteiger partial charge in [-0.05, 0) is 25.0 Å². The molecule has 0 radical (unpaired) electrons. The number of piperidine rings is 1. The maximum absolute atomic E-state index is 12.3. The molecule has 18 heavy (non-hydrogen) atoms. The molecule has 0 aromatic heterocycles. The first-order valence-corrected chi connectivity index (χ1v) is 7.17. The van der Waals surface area contributed by atoms with Crippen LogP contribution in [0.1, 0.15) is 12.8 Å². The second-order valence-electron chi connectivity index (χ2n) is 4.39. The third-order valence-corrected chi connectivity index (χ3v) is 4.84. The van der Waals surface area contributed by atoms with Crippen LogP contribution in [-0.4, -0.2) is 22.7 Å². The summed E-state index contributed by atoms with van der Waals surface area (Å²) in [5.41, 5.74) is 6.67. The van der Waals surface area contributed by atoms with Crippen LogP contribution in [-0.2, 0) is 9.36 Å². The predicted molar refractivity (Wildman–Crippen MR) is 71.1 cm³/mol. The first-order chi connectivity index (χ1) is 8.54. The molecule has 1 heterocycles. The monoisotopic (exact) mass is 268 g/mol. The summed E-state index contributed by atoms with van der Waals surface area (Å²) in [6.07, 6.45) is 1.04. The van der Waals surface area contributed by atoms with Gasteiger partial charge in [0.25, 0.3) is 5.91 Å². The van der Waals surface area contributed by atoms with Crippen molar-refractivity contribution >= 4 is 19.5 Å². The molecule has 6 nitrogen and oxygen atoms in total. The molecule has 7 heteroatoms. The molecular formula is C11H17N4O2P. The molecule has 1 fully saturated rings. The average Bonchev–Trinajstić information content (AvgIpc) is 2.37. The van der Waals surface area contributed by atoms with Crippen molar-refractivity contribution in [2.24, 2.45) is 11.6 Å². The van der Waals surface area contributed by atoms with Crippen molar-refractivity contribution < 1.29 is 9.36 Å². The van der Waals surface area contributed by atoms with Gasteiger partial charge >= 0.3 is 0 Å². The van der Waals surface area contributed by atoms with E-state index in [0.717, 1.165) is 5.01 Å². The summed E-state index contributed by atoms with van der Waals surface area (Å²) in [4.78, 5) is 11.9. The number of benzene rings is 1. The third-order valence-electron chi connectivity index (χ3n) is 3.05. The second-order valence-corrected chi connectivity index (χ2v) is 6.19. The van der Waals surface area contributed by atoms with Crippen LogP contribution >= 0.6 is 7.95 Å². The van der Waals surface area contributed by atoms with Crippen molar-refractivity contribution in [3.63, 3.8) is 0 Å². The lowest BCUT2D eigenvalue weighted by Gasteiger charge is -2.36. The summed E-state index contributed by atoms with van der Waals surface area (Å²) in [5, 5.41) is 2.49. The Hall–Kier alpha value is -1.36. The summed E-state index contributed by atoms with van der Waals surface area (Å²) in [6, 6.07) is 9.05. The Morgan fingerprint density at radius 1 is 1.33 bits per heavy atom. The van der Waals surface area contributed by atoms with Crippen LogP contribution in [0, 0.1) is 0 Å². The molecule has 5 N–H and O–H groups in total. The first-order valence-electron chi connectivity index (χ1n) is 5.76. The van der Waals surface area contributed by atoms with Gasteiger partial charge in [0.15, 0.2) is 13.2 Å². The van der Waals surface area contributed by atoms with E-state index in [9.17, 15) is 9.36 Å². The highest BCUT2D eigenvalue weighted by atomic mass is 31.1. The molecule has 1 saturated heterocycles. The van der Waals surface area contributed by atoms with Crippen molar-refractivity contribution in [3.8, 4) is 0 Å². The summed E-state index contributed by atoms with van der Waals surface area (Å²) in [7, 11) is -2.52. The third kappa shape index (κ3) is 2.41. The fourth-order valence-corrected chi connectivity index (χ4v) is 3.36. The molecule has 98 valence electrons. The van der Waals surface area contributed by atoms with Gasteiger partial charge in [-0.15, -0.1) is 0 Å².